The van der Waals surface area contributed by atoms with Gasteiger partial charge in [0.05, 0.1) is 16.9 Å². The lowest BCUT2D eigenvalue weighted by molar-refractivity contribution is -0.123. The Morgan fingerprint density at radius 2 is 1.84 bits per heavy atom. The molecule has 6 nitrogen and oxygen atoms in total. The van der Waals surface area contributed by atoms with Crippen molar-refractivity contribution in [3.05, 3.63) is 29.8 Å². The lowest BCUT2D eigenvalue weighted by atomic mass is 9.95. The number of sulfonamides is 1. The highest BCUT2D eigenvalue weighted by Crippen LogP contribution is 2.36. The van der Waals surface area contributed by atoms with Crippen LogP contribution in [0.1, 0.15) is 44.0 Å². The summed E-state index contributed by atoms with van der Waals surface area (Å²) in [6.45, 7) is 6.83. The summed E-state index contributed by atoms with van der Waals surface area (Å²) in [5, 5.41) is 0. The zero-order valence-corrected chi connectivity index (χ0v) is 15.7. The number of carbonyl (C=O) groups is 2. The molecule has 0 unspecified atom stereocenters. The Labute approximate surface area is 148 Å². The van der Waals surface area contributed by atoms with Gasteiger partial charge in [0.2, 0.25) is 15.9 Å². The fraction of sp³-hybridized carbons (Fsp3) is 0.556. The smallest absolute Gasteiger partial charge is 0.253 e. The molecule has 1 aromatic carbocycles. The number of hydrogen-bond donors (Lipinski definition) is 0. The van der Waals surface area contributed by atoms with E-state index in [-0.39, 0.29) is 17.3 Å². The van der Waals surface area contributed by atoms with Crippen molar-refractivity contribution in [2.24, 2.45) is 11.3 Å². The van der Waals surface area contributed by atoms with E-state index < -0.39 is 21.3 Å². The fourth-order valence-electron chi connectivity index (χ4n) is 3.42. The fourth-order valence-corrected chi connectivity index (χ4v) is 5.52. The molecule has 2 fully saturated rings. The number of nitrogens with zero attached hydrogens (tertiary/aromatic N) is 2. The van der Waals surface area contributed by atoms with Crippen LogP contribution in [0.3, 0.4) is 0 Å². The highest BCUT2D eigenvalue weighted by Gasteiger charge is 2.50. The molecule has 0 bridgehead atoms. The molecule has 2 heterocycles. The van der Waals surface area contributed by atoms with Crippen LogP contribution in [0.4, 0.5) is 5.69 Å². The largest absolute Gasteiger partial charge is 0.339 e. The maximum absolute atomic E-state index is 12.7. The summed E-state index contributed by atoms with van der Waals surface area (Å²) in [7, 11) is -3.71. The third-order valence-electron chi connectivity index (χ3n) is 4.98. The van der Waals surface area contributed by atoms with Gasteiger partial charge < -0.3 is 4.90 Å². The quantitative estimate of drug-likeness (QED) is 0.807. The van der Waals surface area contributed by atoms with Gasteiger partial charge in [0, 0.05) is 18.7 Å². The molecule has 2 aliphatic heterocycles. The molecule has 2 aliphatic rings. The summed E-state index contributed by atoms with van der Waals surface area (Å²) in [5.74, 6) is -0.174. The van der Waals surface area contributed by atoms with Gasteiger partial charge in [-0.3, -0.25) is 9.59 Å². The summed E-state index contributed by atoms with van der Waals surface area (Å²) < 4.78 is 25.7. The predicted octanol–water partition coefficient (Wildman–Crippen LogP) is 2.26. The number of rotatable bonds is 2. The number of likely N-dealkylation sites (tertiary alicyclic amines) is 1. The molecule has 0 saturated carbocycles. The molecule has 2 amide bonds. The summed E-state index contributed by atoms with van der Waals surface area (Å²) in [6, 6.07) is 6.37. The Morgan fingerprint density at radius 1 is 1.20 bits per heavy atom. The molecule has 0 N–H and O–H groups in total. The van der Waals surface area contributed by atoms with Crippen molar-refractivity contribution in [2.45, 2.75) is 33.6 Å². The van der Waals surface area contributed by atoms with E-state index in [9.17, 15) is 18.0 Å². The Kier molecular flexibility index (Phi) is 4.39. The number of anilines is 1. The zero-order valence-electron chi connectivity index (χ0n) is 14.9. The number of piperidine rings is 1. The number of carbonyl (C=O) groups excluding carboxylic acids is 2. The number of hydrogen-bond acceptors (Lipinski definition) is 4. The first-order chi connectivity index (χ1) is 11.6. The van der Waals surface area contributed by atoms with Crippen LogP contribution in [-0.4, -0.2) is 44.0 Å². The van der Waals surface area contributed by atoms with E-state index in [1.54, 1.807) is 36.9 Å². The minimum Gasteiger partial charge on any atom is -0.339 e. The molecule has 136 valence electrons. The molecule has 0 aliphatic carbocycles. The second-order valence-corrected chi connectivity index (χ2v) is 9.55. The molecular weight excluding hydrogens is 340 g/mol. The van der Waals surface area contributed by atoms with E-state index in [0.717, 1.165) is 17.1 Å². The van der Waals surface area contributed by atoms with Crippen molar-refractivity contribution in [1.29, 1.82) is 0 Å². The molecule has 0 spiro atoms. The van der Waals surface area contributed by atoms with Gasteiger partial charge in [0.15, 0.2) is 0 Å². The molecule has 1 aromatic rings. The summed E-state index contributed by atoms with van der Waals surface area (Å²) in [5.41, 5.74) is -0.298. The van der Waals surface area contributed by atoms with Crippen LogP contribution in [-0.2, 0) is 14.8 Å². The predicted molar refractivity (Wildman–Crippen MR) is 95.8 cm³/mol. The Morgan fingerprint density at radius 3 is 2.40 bits per heavy atom. The average molecular weight is 364 g/mol. The number of benzene rings is 1. The van der Waals surface area contributed by atoms with Gasteiger partial charge in [0.1, 0.15) is 0 Å². The Bertz CT molecular complexity index is 808. The van der Waals surface area contributed by atoms with Gasteiger partial charge in [-0.05, 0) is 50.8 Å². The van der Waals surface area contributed by atoms with Gasteiger partial charge in [-0.15, -0.1) is 0 Å². The van der Waals surface area contributed by atoms with Crippen molar-refractivity contribution >= 4 is 27.5 Å². The van der Waals surface area contributed by atoms with Gasteiger partial charge in [-0.25, -0.2) is 12.7 Å². The molecule has 0 atom stereocenters. The topological polar surface area (TPSA) is 74.8 Å². The van der Waals surface area contributed by atoms with E-state index in [1.807, 2.05) is 0 Å². The number of amides is 2. The highest BCUT2D eigenvalue weighted by atomic mass is 32.2. The van der Waals surface area contributed by atoms with E-state index in [2.05, 4.69) is 6.92 Å². The monoisotopic (exact) mass is 364 g/mol. The third kappa shape index (κ3) is 3.29. The van der Waals surface area contributed by atoms with Crippen molar-refractivity contribution in [3.8, 4) is 0 Å². The molecule has 0 aromatic heterocycles. The Hall–Kier alpha value is -1.89. The first-order valence-corrected chi connectivity index (χ1v) is 10.2. The van der Waals surface area contributed by atoms with Crippen LogP contribution in [0.2, 0.25) is 0 Å². The van der Waals surface area contributed by atoms with Gasteiger partial charge in [-0.1, -0.05) is 13.0 Å². The second kappa shape index (κ2) is 6.12. The van der Waals surface area contributed by atoms with Crippen molar-refractivity contribution in [2.75, 3.05) is 23.1 Å². The lowest BCUT2D eigenvalue weighted by Crippen LogP contribution is -2.38. The minimum atomic E-state index is -3.71. The van der Waals surface area contributed by atoms with Crippen molar-refractivity contribution in [1.82, 2.24) is 4.90 Å². The molecule has 7 heteroatoms. The summed E-state index contributed by atoms with van der Waals surface area (Å²) in [6.07, 6.45) is 1.94. The van der Waals surface area contributed by atoms with Crippen LogP contribution in [0.15, 0.2) is 24.3 Å². The van der Waals surface area contributed by atoms with E-state index in [0.29, 0.717) is 24.6 Å². The maximum atomic E-state index is 12.7. The Balaban J connectivity index is 1.90. The van der Waals surface area contributed by atoms with Gasteiger partial charge in [0.25, 0.3) is 5.91 Å². The average Bonchev–Trinajstić information content (AvgIpc) is 2.70. The van der Waals surface area contributed by atoms with Crippen LogP contribution in [0.25, 0.3) is 0 Å². The van der Waals surface area contributed by atoms with Gasteiger partial charge >= 0.3 is 0 Å². The van der Waals surface area contributed by atoms with Crippen LogP contribution >= 0.6 is 0 Å². The third-order valence-corrected chi connectivity index (χ3v) is 7.00. The lowest BCUT2D eigenvalue weighted by Gasteiger charge is -2.30. The summed E-state index contributed by atoms with van der Waals surface area (Å²) >= 11 is 0. The first-order valence-electron chi connectivity index (χ1n) is 8.58. The molecule has 25 heavy (non-hydrogen) atoms. The molecule has 3 rings (SSSR count). The normalized spacial score (nSPS) is 23.1. The van der Waals surface area contributed by atoms with E-state index in [1.165, 1.54) is 6.07 Å². The SMILES string of the molecule is CC1CCN(C(=O)c2cccc(N3C(=O)C(C)(C)CS3(=O)=O)c2)CC1. The van der Waals surface area contributed by atoms with Crippen LogP contribution in [0, 0.1) is 11.3 Å². The first kappa shape index (κ1) is 17.9. The molecule has 0 radical (unpaired) electrons. The van der Waals surface area contributed by atoms with Crippen LogP contribution in [0.5, 0.6) is 0 Å². The molecule has 2 saturated heterocycles. The van der Waals surface area contributed by atoms with E-state index >= 15 is 0 Å². The van der Waals surface area contributed by atoms with Crippen molar-refractivity contribution < 1.29 is 18.0 Å². The standard InChI is InChI=1S/C18H24N2O4S/c1-13-7-9-19(10-8-13)16(21)14-5-4-6-15(11-14)20-17(22)18(2,3)12-25(20,23)24/h4-6,11,13H,7-10,12H2,1-3H3. The zero-order chi connectivity index (χ0) is 18.4. The minimum absolute atomic E-state index is 0.114. The molecular formula is C18H24N2O4S. The summed E-state index contributed by atoms with van der Waals surface area (Å²) in [4.78, 5) is 27.0. The second-order valence-electron chi connectivity index (χ2n) is 7.73. The van der Waals surface area contributed by atoms with Crippen LogP contribution < -0.4 is 4.31 Å². The van der Waals surface area contributed by atoms with E-state index in [4.69, 9.17) is 0 Å². The van der Waals surface area contributed by atoms with Crippen molar-refractivity contribution in [3.63, 3.8) is 0 Å². The maximum Gasteiger partial charge on any atom is 0.253 e. The van der Waals surface area contributed by atoms with Gasteiger partial charge in [-0.2, -0.15) is 0 Å². The highest BCUT2D eigenvalue weighted by molar-refractivity contribution is 7.94.